The summed E-state index contributed by atoms with van der Waals surface area (Å²) in [5.74, 6) is -1.65. The number of halogens is 2. The van der Waals surface area contributed by atoms with E-state index in [1.165, 1.54) is 12.1 Å². The van der Waals surface area contributed by atoms with E-state index in [2.05, 4.69) is 0 Å². The van der Waals surface area contributed by atoms with Crippen LogP contribution in [-0.2, 0) is 11.2 Å². The molecular weight excluding hydrogens is 206 g/mol. The summed E-state index contributed by atoms with van der Waals surface area (Å²) < 4.78 is 26.5. The molecule has 0 saturated heterocycles. The zero-order chi connectivity index (χ0) is 10.6. The van der Waals surface area contributed by atoms with Gasteiger partial charge in [-0.15, -0.1) is 11.8 Å². The van der Waals surface area contributed by atoms with Gasteiger partial charge >= 0.3 is 0 Å². The zero-order valence-electron chi connectivity index (χ0n) is 7.72. The van der Waals surface area contributed by atoms with Gasteiger partial charge in [-0.2, -0.15) is 0 Å². The number of carbonyl (C=O) groups is 1. The fourth-order valence-electron chi connectivity index (χ4n) is 1.14. The second-order valence-corrected chi connectivity index (χ2v) is 3.61. The third-order valence-corrected chi connectivity index (χ3v) is 2.63. The van der Waals surface area contributed by atoms with Crippen molar-refractivity contribution in [2.75, 3.05) is 6.26 Å². The maximum atomic E-state index is 13.3. The number of rotatable bonds is 4. The molecular formula is C10H10F2OS. The van der Waals surface area contributed by atoms with Gasteiger partial charge in [0.15, 0.2) is 11.6 Å². The normalized spacial score (nSPS) is 10.2. The largest absolute Gasteiger partial charge is 0.303 e. The van der Waals surface area contributed by atoms with Crippen LogP contribution in [0.2, 0.25) is 0 Å². The maximum Gasteiger partial charge on any atom is 0.172 e. The van der Waals surface area contributed by atoms with Gasteiger partial charge in [-0.25, -0.2) is 8.78 Å². The minimum Gasteiger partial charge on any atom is -0.303 e. The summed E-state index contributed by atoms with van der Waals surface area (Å²) in [6.45, 7) is 0. The third-order valence-electron chi connectivity index (χ3n) is 1.88. The molecule has 0 amide bonds. The Balaban J connectivity index is 2.98. The van der Waals surface area contributed by atoms with Crippen LogP contribution in [0.4, 0.5) is 8.78 Å². The van der Waals surface area contributed by atoms with E-state index >= 15 is 0 Å². The molecule has 0 atom stereocenters. The van der Waals surface area contributed by atoms with Crippen molar-refractivity contribution in [3.8, 4) is 0 Å². The van der Waals surface area contributed by atoms with Crippen LogP contribution in [-0.4, -0.2) is 12.5 Å². The molecule has 76 valence electrons. The topological polar surface area (TPSA) is 17.1 Å². The van der Waals surface area contributed by atoms with Crippen molar-refractivity contribution in [2.24, 2.45) is 0 Å². The quantitative estimate of drug-likeness (QED) is 0.568. The van der Waals surface area contributed by atoms with Gasteiger partial charge in [0.2, 0.25) is 0 Å². The molecule has 0 fully saturated rings. The Bertz CT molecular complexity index is 339. The summed E-state index contributed by atoms with van der Waals surface area (Å²) in [7, 11) is 0. The SMILES string of the molecule is CSc1ccc(CCC=O)c(F)c1F. The molecule has 0 bridgehead atoms. The number of thioether (sulfide) groups is 1. The molecule has 0 radical (unpaired) electrons. The smallest absolute Gasteiger partial charge is 0.172 e. The van der Waals surface area contributed by atoms with Crippen molar-refractivity contribution >= 4 is 18.0 Å². The van der Waals surface area contributed by atoms with Crippen molar-refractivity contribution in [3.05, 3.63) is 29.3 Å². The van der Waals surface area contributed by atoms with Crippen LogP contribution in [0.25, 0.3) is 0 Å². The number of aryl methyl sites for hydroxylation is 1. The van der Waals surface area contributed by atoms with Crippen LogP contribution in [0, 0.1) is 11.6 Å². The number of benzene rings is 1. The Morgan fingerprint density at radius 1 is 1.36 bits per heavy atom. The molecule has 0 N–H and O–H groups in total. The van der Waals surface area contributed by atoms with E-state index in [1.54, 1.807) is 6.26 Å². The molecule has 1 rings (SSSR count). The van der Waals surface area contributed by atoms with Crippen molar-refractivity contribution < 1.29 is 13.6 Å². The van der Waals surface area contributed by atoms with Gasteiger partial charge in [-0.3, -0.25) is 0 Å². The highest BCUT2D eigenvalue weighted by molar-refractivity contribution is 7.98. The van der Waals surface area contributed by atoms with Gasteiger partial charge in [-0.1, -0.05) is 6.07 Å². The molecule has 0 aliphatic carbocycles. The van der Waals surface area contributed by atoms with Crippen LogP contribution < -0.4 is 0 Å². The van der Waals surface area contributed by atoms with E-state index in [4.69, 9.17) is 0 Å². The summed E-state index contributed by atoms with van der Waals surface area (Å²) in [4.78, 5) is 10.4. The van der Waals surface area contributed by atoms with E-state index in [9.17, 15) is 13.6 Å². The van der Waals surface area contributed by atoms with Crippen LogP contribution in [0.1, 0.15) is 12.0 Å². The summed E-state index contributed by atoms with van der Waals surface area (Å²) in [5, 5.41) is 0. The Kier molecular flexibility index (Phi) is 4.07. The van der Waals surface area contributed by atoms with Gasteiger partial charge in [0.25, 0.3) is 0 Å². The molecule has 14 heavy (non-hydrogen) atoms. The van der Waals surface area contributed by atoms with Gasteiger partial charge in [0.05, 0.1) is 0 Å². The van der Waals surface area contributed by atoms with Crippen LogP contribution >= 0.6 is 11.8 Å². The number of carbonyl (C=O) groups excluding carboxylic acids is 1. The molecule has 0 aromatic heterocycles. The fraction of sp³-hybridized carbons (Fsp3) is 0.300. The van der Waals surface area contributed by atoms with Gasteiger partial charge < -0.3 is 4.79 Å². The van der Waals surface area contributed by atoms with E-state index in [0.29, 0.717) is 6.29 Å². The second kappa shape index (κ2) is 5.10. The average molecular weight is 216 g/mol. The lowest BCUT2D eigenvalue weighted by Gasteiger charge is -2.04. The summed E-state index contributed by atoms with van der Waals surface area (Å²) >= 11 is 1.16. The average Bonchev–Trinajstić information content (AvgIpc) is 2.20. The lowest BCUT2D eigenvalue weighted by atomic mass is 10.1. The zero-order valence-corrected chi connectivity index (χ0v) is 8.54. The second-order valence-electron chi connectivity index (χ2n) is 2.76. The highest BCUT2D eigenvalue weighted by Crippen LogP contribution is 2.24. The number of hydrogen-bond donors (Lipinski definition) is 0. The Morgan fingerprint density at radius 2 is 2.07 bits per heavy atom. The van der Waals surface area contributed by atoms with E-state index < -0.39 is 11.6 Å². The predicted molar refractivity (Wildman–Crippen MR) is 52.5 cm³/mol. The molecule has 1 aromatic carbocycles. The van der Waals surface area contributed by atoms with Gasteiger partial charge in [0, 0.05) is 11.3 Å². The number of aldehydes is 1. The van der Waals surface area contributed by atoms with E-state index in [1.807, 2.05) is 0 Å². The van der Waals surface area contributed by atoms with Crippen molar-refractivity contribution in [1.29, 1.82) is 0 Å². The minimum atomic E-state index is -0.835. The molecule has 0 aliphatic heterocycles. The van der Waals surface area contributed by atoms with E-state index in [-0.39, 0.29) is 23.3 Å². The first-order valence-electron chi connectivity index (χ1n) is 4.15. The van der Waals surface area contributed by atoms with Gasteiger partial charge in [0.1, 0.15) is 6.29 Å². The Hall–Kier alpha value is -0.900. The monoisotopic (exact) mass is 216 g/mol. The summed E-state index contributed by atoms with van der Waals surface area (Å²) in [6, 6.07) is 3.05. The predicted octanol–water partition coefficient (Wildman–Crippen LogP) is 2.82. The van der Waals surface area contributed by atoms with Crippen molar-refractivity contribution in [1.82, 2.24) is 0 Å². The summed E-state index contributed by atoms with van der Waals surface area (Å²) in [6.07, 6.45) is 2.85. The Labute approximate surface area is 85.5 Å². The van der Waals surface area contributed by atoms with Crippen LogP contribution in [0.15, 0.2) is 17.0 Å². The molecule has 1 nitrogen and oxygen atoms in total. The summed E-state index contributed by atoms with van der Waals surface area (Å²) in [5.41, 5.74) is 0.257. The van der Waals surface area contributed by atoms with Crippen molar-refractivity contribution in [2.45, 2.75) is 17.7 Å². The fourth-order valence-corrected chi connectivity index (χ4v) is 1.61. The minimum absolute atomic E-state index is 0.217. The first-order chi connectivity index (χ1) is 6.70. The standard InChI is InChI=1S/C10H10F2OS/c1-14-8-5-4-7(3-2-6-13)9(11)10(8)12/h4-6H,2-3H2,1H3. The van der Waals surface area contributed by atoms with Crippen LogP contribution in [0.5, 0.6) is 0 Å². The molecule has 0 spiro atoms. The van der Waals surface area contributed by atoms with Crippen LogP contribution in [0.3, 0.4) is 0 Å². The molecule has 0 heterocycles. The highest BCUT2D eigenvalue weighted by atomic mass is 32.2. The molecule has 4 heteroatoms. The van der Waals surface area contributed by atoms with Crippen molar-refractivity contribution in [3.63, 3.8) is 0 Å². The molecule has 1 aromatic rings. The molecule has 0 saturated carbocycles. The van der Waals surface area contributed by atoms with E-state index in [0.717, 1.165) is 11.8 Å². The third kappa shape index (κ3) is 2.32. The first-order valence-corrected chi connectivity index (χ1v) is 5.37. The first kappa shape index (κ1) is 11.2. The maximum absolute atomic E-state index is 13.3. The Morgan fingerprint density at radius 3 is 2.64 bits per heavy atom. The van der Waals surface area contributed by atoms with Gasteiger partial charge in [-0.05, 0) is 24.3 Å². The lowest BCUT2D eigenvalue weighted by Crippen LogP contribution is -1.96. The molecule has 0 unspecified atom stereocenters. The number of hydrogen-bond acceptors (Lipinski definition) is 2. The lowest BCUT2D eigenvalue weighted by molar-refractivity contribution is -0.107. The molecule has 0 aliphatic rings. The highest BCUT2D eigenvalue weighted by Gasteiger charge is 2.11.